The second-order valence-corrected chi connectivity index (χ2v) is 10.5. The first-order valence-corrected chi connectivity index (χ1v) is 12.1. The first-order valence-electron chi connectivity index (χ1n) is 9.72. The first-order chi connectivity index (χ1) is 15.1. The Labute approximate surface area is 192 Å². The lowest BCUT2D eigenvalue weighted by atomic mass is 10.2. The van der Waals surface area contributed by atoms with Crippen molar-refractivity contribution in [2.24, 2.45) is 7.05 Å². The molecule has 0 saturated heterocycles. The lowest BCUT2D eigenvalue weighted by Gasteiger charge is -2.20. The molecule has 2 aromatic carbocycles. The van der Waals surface area contributed by atoms with Gasteiger partial charge in [0.2, 0.25) is 15.9 Å². The number of benzene rings is 2. The molecule has 0 saturated carbocycles. The number of nitrogens with zero attached hydrogens (tertiary/aromatic N) is 5. The molecule has 1 amide bonds. The molecule has 0 spiro atoms. The van der Waals surface area contributed by atoms with Gasteiger partial charge in [-0.3, -0.25) is 4.79 Å². The molecule has 0 aliphatic rings. The van der Waals surface area contributed by atoms with E-state index in [1.807, 2.05) is 60.9 Å². The van der Waals surface area contributed by atoms with E-state index in [1.54, 1.807) is 6.07 Å². The largest absolute Gasteiger partial charge is 0.376 e. The molecule has 0 aliphatic heterocycles. The van der Waals surface area contributed by atoms with Gasteiger partial charge in [0.05, 0.1) is 22.0 Å². The number of nitrogens with one attached hydrogen (secondary N) is 1. The fraction of sp³-hybridized carbons (Fsp3) is 0.286. The maximum atomic E-state index is 12.7. The number of thioether (sulfide) groups is 1. The zero-order chi connectivity index (χ0) is 23.5. The van der Waals surface area contributed by atoms with E-state index in [4.69, 9.17) is 0 Å². The normalized spacial score (nSPS) is 11.6. The smallest absolute Gasteiger partial charge is 0.242 e. The van der Waals surface area contributed by atoms with Crippen LogP contribution in [-0.4, -0.2) is 67.3 Å². The van der Waals surface area contributed by atoms with Crippen LogP contribution in [0, 0.1) is 0 Å². The zero-order valence-corrected chi connectivity index (χ0v) is 20.2. The van der Waals surface area contributed by atoms with Crippen molar-refractivity contribution >= 4 is 39.1 Å². The standard InChI is InChI=1S/C21H26N6O3S2/c1-25(2)18-12-11-16(32(29,30)26(3)4)13-17(18)22-19(28)14-31-21-24-23-20(27(21)5)15-9-7-6-8-10-15/h6-13H,14H2,1-5H3,(H,22,28). The molecule has 0 radical (unpaired) electrons. The molecule has 0 fully saturated rings. The summed E-state index contributed by atoms with van der Waals surface area (Å²) in [4.78, 5) is 14.6. The highest BCUT2D eigenvalue weighted by Crippen LogP contribution is 2.29. The average Bonchev–Trinajstić information content (AvgIpc) is 3.12. The Morgan fingerprint density at radius 1 is 1.06 bits per heavy atom. The summed E-state index contributed by atoms with van der Waals surface area (Å²) in [5, 5.41) is 11.8. The molecule has 1 heterocycles. The molecule has 1 N–H and O–H groups in total. The van der Waals surface area contributed by atoms with Gasteiger partial charge in [-0.1, -0.05) is 42.1 Å². The van der Waals surface area contributed by atoms with Crippen LogP contribution in [0.3, 0.4) is 0 Å². The van der Waals surface area contributed by atoms with Crippen LogP contribution in [0.1, 0.15) is 0 Å². The van der Waals surface area contributed by atoms with Crippen molar-refractivity contribution in [3.8, 4) is 11.4 Å². The number of rotatable bonds is 8. The van der Waals surface area contributed by atoms with Crippen LogP contribution in [0.25, 0.3) is 11.4 Å². The van der Waals surface area contributed by atoms with Gasteiger partial charge in [0, 0.05) is 40.8 Å². The van der Waals surface area contributed by atoms with Gasteiger partial charge in [-0.05, 0) is 18.2 Å². The van der Waals surface area contributed by atoms with Crippen molar-refractivity contribution in [1.82, 2.24) is 19.1 Å². The molecule has 11 heteroatoms. The van der Waals surface area contributed by atoms with Crippen LogP contribution in [0.5, 0.6) is 0 Å². The highest BCUT2D eigenvalue weighted by Gasteiger charge is 2.20. The Balaban J connectivity index is 1.76. The van der Waals surface area contributed by atoms with E-state index in [1.165, 1.54) is 38.0 Å². The third kappa shape index (κ3) is 5.12. The second kappa shape index (κ2) is 9.72. The van der Waals surface area contributed by atoms with Gasteiger partial charge in [0.25, 0.3) is 0 Å². The molecular weight excluding hydrogens is 448 g/mol. The van der Waals surface area contributed by atoms with Crippen molar-refractivity contribution in [2.75, 3.05) is 44.2 Å². The van der Waals surface area contributed by atoms with Gasteiger partial charge in [0.15, 0.2) is 11.0 Å². The minimum atomic E-state index is -3.63. The monoisotopic (exact) mass is 474 g/mol. The van der Waals surface area contributed by atoms with Crippen LogP contribution in [-0.2, 0) is 21.9 Å². The van der Waals surface area contributed by atoms with Crippen molar-refractivity contribution < 1.29 is 13.2 Å². The summed E-state index contributed by atoms with van der Waals surface area (Å²) in [5.74, 6) is 0.532. The Morgan fingerprint density at radius 2 is 1.75 bits per heavy atom. The van der Waals surface area contributed by atoms with E-state index >= 15 is 0 Å². The molecule has 0 aliphatic carbocycles. The zero-order valence-electron chi connectivity index (χ0n) is 18.6. The summed E-state index contributed by atoms with van der Waals surface area (Å²) in [7, 11) is 4.81. The number of aromatic nitrogens is 3. The van der Waals surface area contributed by atoms with E-state index < -0.39 is 10.0 Å². The van der Waals surface area contributed by atoms with Crippen LogP contribution >= 0.6 is 11.8 Å². The van der Waals surface area contributed by atoms with E-state index in [2.05, 4.69) is 15.5 Å². The minimum Gasteiger partial charge on any atom is -0.376 e. The molecule has 170 valence electrons. The predicted octanol–water partition coefficient (Wildman–Crippen LogP) is 2.53. The van der Waals surface area contributed by atoms with Gasteiger partial charge < -0.3 is 14.8 Å². The summed E-state index contributed by atoms with van der Waals surface area (Å²) in [6.45, 7) is 0. The van der Waals surface area contributed by atoms with Crippen LogP contribution in [0.4, 0.5) is 11.4 Å². The first kappa shape index (κ1) is 23.8. The maximum Gasteiger partial charge on any atom is 0.242 e. The topological polar surface area (TPSA) is 100 Å². The quantitative estimate of drug-likeness (QED) is 0.501. The number of anilines is 2. The number of sulfonamides is 1. The van der Waals surface area contributed by atoms with Gasteiger partial charge in [-0.2, -0.15) is 0 Å². The molecule has 0 bridgehead atoms. The predicted molar refractivity (Wildman–Crippen MR) is 127 cm³/mol. The molecule has 32 heavy (non-hydrogen) atoms. The molecule has 0 atom stereocenters. The van der Waals surface area contributed by atoms with Gasteiger partial charge in [-0.15, -0.1) is 10.2 Å². The number of hydrogen-bond donors (Lipinski definition) is 1. The molecule has 0 unspecified atom stereocenters. The van der Waals surface area contributed by atoms with Crippen molar-refractivity contribution in [3.05, 3.63) is 48.5 Å². The Hall–Kier alpha value is -2.89. The summed E-state index contributed by atoms with van der Waals surface area (Å²) in [6, 6.07) is 14.4. The fourth-order valence-electron chi connectivity index (χ4n) is 2.97. The lowest BCUT2D eigenvalue weighted by Crippen LogP contribution is -2.23. The van der Waals surface area contributed by atoms with E-state index in [0.29, 0.717) is 22.4 Å². The average molecular weight is 475 g/mol. The van der Waals surface area contributed by atoms with Gasteiger partial charge in [0.1, 0.15) is 0 Å². The summed E-state index contributed by atoms with van der Waals surface area (Å²) in [5.41, 5.74) is 2.06. The third-order valence-corrected chi connectivity index (χ3v) is 7.53. The highest BCUT2D eigenvalue weighted by molar-refractivity contribution is 7.99. The van der Waals surface area contributed by atoms with Crippen LogP contribution in [0.15, 0.2) is 58.6 Å². The van der Waals surface area contributed by atoms with E-state index in [-0.39, 0.29) is 16.6 Å². The van der Waals surface area contributed by atoms with Crippen molar-refractivity contribution in [1.29, 1.82) is 0 Å². The van der Waals surface area contributed by atoms with Gasteiger partial charge >= 0.3 is 0 Å². The second-order valence-electron chi connectivity index (χ2n) is 7.43. The Bertz CT molecular complexity index is 1210. The van der Waals surface area contributed by atoms with Crippen molar-refractivity contribution in [2.45, 2.75) is 10.1 Å². The lowest BCUT2D eigenvalue weighted by molar-refractivity contribution is -0.113. The van der Waals surface area contributed by atoms with Crippen LogP contribution < -0.4 is 10.2 Å². The molecule has 3 rings (SSSR count). The Morgan fingerprint density at radius 3 is 2.38 bits per heavy atom. The summed E-state index contributed by atoms with van der Waals surface area (Å²) < 4.78 is 28.0. The summed E-state index contributed by atoms with van der Waals surface area (Å²) >= 11 is 1.26. The number of amides is 1. The fourth-order valence-corrected chi connectivity index (χ4v) is 4.61. The highest BCUT2D eigenvalue weighted by atomic mass is 32.2. The number of carbonyl (C=O) groups is 1. The summed E-state index contributed by atoms with van der Waals surface area (Å²) in [6.07, 6.45) is 0. The van der Waals surface area contributed by atoms with E-state index in [9.17, 15) is 13.2 Å². The van der Waals surface area contributed by atoms with Crippen molar-refractivity contribution in [3.63, 3.8) is 0 Å². The van der Waals surface area contributed by atoms with Crippen LogP contribution in [0.2, 0.25) is 0 Å². The molecule has 3 aromatic rings. The SMILES string of the molecule is CN(C)c1ccc(S(=O)(=O)N(C)C)cc1NC(=O)CSc1nnc(-c2ccccc2)n1C. The number of carbonyl (C=O) groups excluding carboxylic acids is 1. The van der Waals surface area contributed by atoms with E-state index in [0.717, 1.165) is 9.87 Å². The third-order valence-electron chi connectivity index (χ3n) is 4.70. The van der Waals surface area contributed by atoms with Gasteiger partial charge in [-0.25, -0.2) is 12.7 Å². The minimum absolute atomic E-state index is 0.0955. The number of hydrogen-bond acceptors (Lipinski definition) is 7. The Kier molecular flexibility index (Phi) is 7.22. The maximum absolute atomic E-state index is 12.7. The molecular formula is C21H26N6O3S2. The molecule has 1 aromatic heterocycles. The molecule has 9 nitrogen and oxygen atoms in total.